The van der Waals surface area contributed by atoms with Crippen molar-refractivity contribution in [1.82, 2.24) is 19.1 Å². The average Bonchev–Trinajstić information content (AvgIpc) is 3.46. The second-order valence-electron chi connectivity index (χ2n) is 11.1. The second kappa shape index (κ2) is 9.55. The zero-order valence-electron chi connectivity index (χ0n) is 21.3. The molecular weight excluding hydrogens is 515 g/mol. The summed E-state index contributed by atoms with van der Waals surface area (Å²) in [7, 11) is 0. The number of aryl methyl sites for hydroxylation is 1. The highest BCUT2D eigenvalue weighted by Crippen LogP contribution is 2.48. The van der Waals surface area contributed by atoms with E-state index >= 15 is 0 Å². The van der Waals surface area contributed by atoms with Crippen LogP contribution in [0.15, 0.2) is 24.5 Å². The van der Waals surface area contributed by atoms with Crippen molar-refractivity contribution in [3.63, 3.8) is 0 Å². The summed E-state index contributed by atoms with van der Waals surface area (Å²) in [6.45, 7) is 9.86. The molecule has 1 aliphatic heterocycles. The van der Waals surface area contributed by atoms with Gasteiger partial charge in [0.15, 0.2) is 0 Å². The van der Waals surface area contributed by atoms with E-state index in [1.54, 1.807) is 12.3 Å². The molecule has 194 valence electrons. The maximum absolute atomic E-state index is 12.8. The van der Waals surface area contributed by atoms with Crippen LogP contribution in [0.1, 0.15) is 58.6 Å². The fourth-order valence-electron chi connectivity index (χ4n) is 5.75. The Kier molecular flexibility index (Phi) is 6.88. The largest absolute Gasteiger partial charge is 0.598 e. The highest BCUT2D eigenvalue weighted by molar-refractivity contribution is 7.90. The van der Waals surface area contributed by atoms with E-state index < -0.39 is 11.4 Å². The van der Waals surface area contributed by atoms with E-state index in [0.717, 1.165) is 60.8 Å². The van der Waals surface area contributed by atoms with Crippen molar-refractivity contribution in [2.75, 3.05) is 23.7 Å². The molecule has 36 heavy (non-hydrogen) atoms. The number of hydrogen-bond donors (Lipinski definition) is 2. The molecule has 1 aliphatic carbocycles. The maximum atomic E-state index is 12.8. The number of nitrogen functional groups attached to an aromatic ring is 1. The van der Waals surface area contributed by atoms with Crippen LogP contribution < -0.4 is 15.4 Å². The van der Waals surface area contributed by atoms with Gasteiger partial charge in [0.2, 0.25) is 5.95 Å². The topological polar surface area (TPSA) is 94.5 Å². The second-order valence-corrected chi connectivity index (χ2v) is 13.9. The zero-order valence-corrected chi connectivity index (χ0v) is 23.6. The van der Waals surface area contributed by atoms with Gasteiger partial charge in [0, 0.05) is 48.0 Å². The Bertz CT molecular complexity index is 1280. The summed E-state index contributed by atoms with van der Waals surface area (Å²) in [5, 5.41) is 0.752. The summed E-state index contributed by atoms with van der Waals surface area (Å²) >= 11 is 11.9. The first-order chi connectivity index (χ1) is 17.0. The number of fused-ring (bicyclic) bond motifs is 1. The Morgan fingerprint density at radius 2 is 1.89 bits per heavy atom. The molecule has 0 unspecified atom stereocenters. The summed E-state index contributed by atoms with van der Waals surface area (Å²) in [5.41, 5.74) is 9.84. The normalized spacial score (nSPS) is 21.0. The standard InChI is InChI=1S/C26H34Cl2N6OS/c1-16-20(17-7-8-18(29)22(28)21(17)27)23-30-12-15-34(23)24(31-16)33-13-10-26(11-14-33)9-5-6-19(26)32-36(35)25(2,3)4/h7-8,12,15,19,32H,5-6,9-11,13-14,29H2,1-4H3/t19-,36-/m1/s1. The van der Waals surface area contributed by atoms with E-state index in [2.05, 4.69) is 14.6 Å². The SMILES string of the molecule is Cc1nc(N2CCC3(CCC[C@H]3N[S@+]([O-])C(C)(C)C)CC2)n2ccnc2c1-c1ccc(N)c(Cl)c1Cl. The van der Waals surface area contributed by atoms with Crippen LogP contribution in [0.2, 0.25) is 10.0 Å². The summed E-state index contributed by atoms with van der Waals surface area (Å²) in [4.78, 5) is 12.0. The number of anilines is 2. The Balaban J connectivity index is 1.42. The van der Waals surface area contributed by atoms with Gasteiger partial charge in [-0.25, -0.2) is 9.97 Å². The van der Waals surface area contributed by atoms with Gasteiger partial charge < -0.3 is 15.2 Å². The molecule has 3 aromatic rings. The number of rotatable bonds is 4. The van der Waals surface area contributed by atoms with Crippen LogP contribution >= 0.6 is 23.2 Å². The molecule has 2 aromatic heterocycles. The molecule has 7 nitrogen and oxygen atoms in total. The van der Waals surface area contributed by atoms with Gasteiger partial charge in [-0.1, -0.05) is 35.7 Å². The minimum atomic E-state index is -1.06. The minimum absolute atomic E-state index is 0.189. The lowest BCUT2D eigenvalue weighted by Gasteiger charge is -2.44. The Morgan fingerprint density at radius 1 is 1.17 bits per heavy atom. The molecule has 0 bridgehead atoms. The molecule has 1 spiro atoms. The third kappa shape index (κ3) is 4.45. The maximum Gasteiger partial charge on any atom is 0.211 e. The molecule has 0 radical (unpaired) electrons. The first-order valence-corrected chi connectivity index (χ1v) is 14.4. The first-order valence-electron chi connectivity index (χ1n) is 12.5. The zero-order chi connectivity index (χ0) is 25.8. The molecule has 3 heterocycles. The number of nitrogens with two attached hydrogens (primary N) is 1. The fourth-order valence-corrected chi connectivity index (χ4v) is 7.16. The molecule has 0 amide bonds. The van der Waals surface area contributed by atoms with Crippen LogP contribution in [0.5, 0.6) is 0 Å². The molecule has 2 aliphatic rings. The van der Waals surface area contributed by atoms with E-state index in [9.17, 15) is 4.55 Å². The van der Waals surface area contributed by atoms with E-state index in [1.165, 1.54) is 12.8 Å². The van der Waals surface area contributed by atoms with Gasteiger partial charge in [0.25, 0.3) is 0 Å². The number of halogens is 2. The van der Waals surface area contributed by atoms with Gasteiger partial charge in [-0.2, -0.15) is 0 Å². The van der Waals surface area contributed by atoms with Crippen LogP contribution in [-0.2, 0) is 11.4 Å². The first kappa shape index (κ1) is 25.9. The third-order valence-corrected chi connectivity index (χ3v) is 10.4. The molecule has 2 atom stereocenters. The molecule has 2 fully saturated rings. The van der Waals surface area contributed by atoms with Gasteiger partial charge in [-0.15, -0.1) is 4.72 Å². The molecule has 5 rings (SSSR count). The fraction of sp³-hybridized carbons (Fsp3) is 0.538. The highest BCUT2D eigenvalue weighted by Gasteiger charge is 2.48. The molecule has 1 aromatic carbocycles. The number of nitrogens with zero attached hydrogens (tertiary/aromatic N) is 4. The van der Waals surface area contributed by atoms with Gasteiger partial charge in [-0.05, 0) is 64.9 Å². The van der Waals surface area contributed by atoms with Crippen molar-refractivity contribution >= 4 is 51.8 Å². The number of benzene rings is 1. The summed E-state index contributed by atoms with van der Waals surface area (Å²) < 4.78 is 18.1. The summed E-state index contributed by atoms with van der Waals surface area (Å²) in [6.07, 6.45) is 9.28. The smallest absolute Gasteiger partial charge is 0.211 e. The number of imidazole rings is 1. The highest BCUT2D eigenvalue weighted by atomic mass is 35.5. The van der Waals surface area contributed by atoms with Gasteiger partial charge in [0.1, 0.15) is 10.4 Å². The van der Waals surface area contributed by atoms with Crippen LogP contribution in [0.25, 0.3) is 16.8 Å². The monoisotopic (exact) mass is 548 g/mol. The Labute approximate surface area is 226 Å². The van der Waals surface area contributed by atoms with Crippen molar-refractivity contribution in [2.24, 2.45) is 5.41 Å². The van der Waals surface area contributed by atoms with Gasteiger partial charge >= 0.3 is 0 Å². The van der Waals surface area contributed by atoms with E-state index in [1.807, 2.05) is 44.4 Å². The summed E-state index contributed by atoms with van der Waals surface area (Å²) in [6, 6.07) is 3.93. The van der Waals surface area contributed by atoms with Crippen molar-refractivity contribution < 1.29 is 4.55 Å². The molecule has 3 N–H and O–H groups in total. The quantitative estimate of drug-likeness (QED) is 0.316. The van der Waals surface area contributed by atoms with Crippen molar-refractivity contribution in [1.29, 1.82) is 0 Å². The van der Waals surface area contributed by atoms with Crippen molar-refractivity contribution in [3.05, 3.63) is 40.3 Å². The number of piperidine rings is 1. The van der Waals surface area contributed by atoms with E-state index in [0.29, 0.717) is 21.8 Å². The van der Waals surface area contributed by atoms with Crippen molar-refractivity contribution in [2.45, 2.75) is 70.6 Å². The lowest BCUT2D eigenvalue weighted by Crippen LogP contribution is -2.53. The van der Waals surface area contributed by atoms with Gasteiger partial charge in [-0.3, -0.25) is 4.40 Å². The predicted molar refractivity (Wildman–Crippen MR) is 150 cm³/mol. The molecular formula is C26H34Cl2N6OS. The average molecular weight is 550 g/mol. The van der Waals surface area contributed by atoms with Crippen LogP contribution in [0, 0.1) is 12.3 Å². The minimum Gasteiger partial charge on any atom is -0.598 e. The van der Waals surface area contributed by atoms with E-state index in [4.69, 9.17) is 33.9 Å². The Hall–Kier alpha value is -1.71. The molecule has 10 heteroatoms. The molecule has 1 saturated carbocycles. The van der Waals surface area contributed by atoms with Crippen LogP contribution in [-0.4, -0.2) is 42.8 Å². The lowest BCUT2D eigenvalue weighted by atomic mass is 9.74. The predicted octanol–water partition coefficient (Wildman–Crippen LogP) is 5.78. The Morgan fingerprint density at radius 3 is 2.58 bits per heavy atom. The molecule has 1 saturated heterocycles. The number of hydrogen-bond acceptors (Lipinski definition) is 6. The lowest BCUT2D eigenvalue weighted by molar-refractivity contribution is 0.186. The van der Waals surface area contributed by atoms with Crippen LogP contribution in [0.3, 0.4) is 0 Å². The number of aromatic nitrogens is 3. The van der Waals surface area contributed by atoms with Gasteiger partial charge in [0.05, 0.1) is 27.5 Å². The van der Waals surface area contributed by atoms with Crippen LogP contribution in [0.4, 0.5) is 11.6 Å². The van der Waals surface area contributed by atoms with E-state index in [-0.39, 0.29) is 10.2 Å². The third-order valence-electron chi connectivity index (χ3n) is 7.85. The number of nitrogens with one attached hydrogen (secondary N) is 1. The van der Waals surface area contributed by atoms with Crippen molar-refractivity contribution in [3.8, 4) is 11.1 Å². The summed E-state index contributed by atoms with van der Waals surface area (Å²) in [5.74, 6) is 0.886.